The van der Waals surface area contributed by atoms with Crippen molar-refractivity contribution in [2.24, 2.45) is 11.3 Å². The summed E-state index contributed by atoms with van der Waals surface area (Å²) in [6.07, 6.45) is 5.53. The number of aliphatic hydroxyl groups excluding tert-OH is 1. The highest BCUT2D eigenvalue weighted by Crippen LogP contribution is 2.44. The van der Waals surface area contributed by atoms with Gasteiger partial charge in [-0.05, 0) is 51.2 Å². The predicted molar refractivity (Wildman–Crippen MR) is 115 cm³/mol. The Morgan fingerprint density at radius 3 is 2.14 bits per heavy atom. The van der Waals surface area contributed by atoms with Gasteiger partial charge in [0.2, 0.25) is 0 Å². The summed E-state index contributed by atoms with van der Waals surface area (Å²) in [7, 11) is 0. The van der Waals surface area contributed by atoms with E-state index in [0.29, 0.717) is 25.7 Å². The van der Waals surface area contributed by atoms with Crippen molar-refractivity contribution in [2.45, 2.75) is 39.5 Å². The molecule has 1 aromatic carbocycles. The summed E-state index contributed by atoms with van der Waals surface area (Å²) in [6.45, 7) is 11.4. The van der Waals surface area contributed by atoms with Crippen LogP contribution in [0.3, 0.4) is 0 Å². The van der Waals surface area contributed by atoms with Crippen molar-refractivity contribution in [3.8, 4) is 0 Å². The van der Waals surface area contributed by atoms with Crippen LogP contribution in [0.15, 0.2) is 72.5 Å². The molecule has 0 aromatic heterocycles. The van der Waals surface area contributed by atoms with Crippen LogP contribution in [0.4, 0.5) is 0 Å². The van der Waals surface area contributed by atoms with Gasteiger partial charge in [0.1, 0.15) is 11.7 Å². The molecule has 0 spiro atoms. The van der Waals surface area contributed by atoms with Gasteiger partial charge in [0.05, 0.1) is 5.41 Å². The normalized spacial score (nSPS) is 18.6. The number of benzene rings is 1. The Labute approximate surface area is 172 Å². The predicted octanol–water partition coefficient (Wildman–Crippen LogP) is 5.18. The van der Waals surface area contributed by atoms with Crippen LogP contribution in [-0.2, 0) is 14.4 Å². The van der Waals surface area contributed by atoms with Gasteiger partial charge in [0.25, 0.3) is 0 Å². The van der Waals surface area contributed by atoms with Gasteiger partial charge in [0.15, 0.2) is 17.3 Å². The Kier molecular flexibility index (Phi) is 7.27. The van der Waals surface area contributed by atoms with Crippen LogP contribution in [0.25, 0.3) is 6.08 Å². The first kappa shape index (κ1) is 22.3. The molecule has 0 heterocycles. The number of Topliss-reactive ketones (excluding diaryl/α,β-unsaturated/α-hetero) is 1. The smallest absolute Gasteiger partial charge is 0.177 e. The lowest BCUT2D eigenvalue weighted by atomic mass is 9.64. The first-order valence-electron chi connectivity index (χ1n) is 9.72. The van der Waals surface area contributed by atoms with Crippen molar-refractivity contribution in [1.29, 1.82) is 0 Å². The maximum absolute atomic E-state index is 13.4. The molecular formula is C25H28O4. The topological polar surface area (TPSA) is 71.4 Å². The molecule has 0 fully saturated rings. The summed E-state index contributed by atoms with van der Waals surface area (Å²) in [5, 5.41) is 10.6. The van der Waals surface area contributed by atoms with Crippen molar-refractivity contribution < 1.29 is 19.5 Å². The van der Waals surface area contributed by atoms with Gasteiger partial charge in [0, 0.05) is 6.08 Å². The highest BCUT2D eigenvalue weighted by Gasteiger charge is 2.51. The van der Waals surface area contributed by atoms with Crippen molar-refractivity contribution >= 4 is 23.4 Å². The fraction of sp³-hybridized carbons (Fsp3) is 0.320. The summed E-state index contributed by atoms with van der Waals surface area (Å²) in [6, 6.07) is 9.18. The molecular weight excluding hydrogens is 364 g/mol. The third-order valence-electron chi connectivity index (χ3n) is 5.27. The minimum Gasteiger partial charge on any atom is -0.511 e. The lowest BCUT2D eigenvalue weighted by Crippen LogP contribution is -2.47. The molecule has 2 rings (SSSR count). The third kappa shape index (κ3) is 5.29. The van der Waals surface area contributed by atoms with E-state index in [1.54, 1.807) is 6.08 Å². The molecule has 1 N–H and O–H groups in total. The lowest BCUT2D eigenvalue weighted by Gasteiger charge is -2.37. The molecule has 0 bridgehead atoms. The minimum absolute atomic E-state index is 0.258. The Morgan fingerprint density at radius 1 is 1.07 bits per heavy atom. The molecule has 29 heavy (non-hydrogen) atoms. The van der Waals surface area contributed by atoms with Crippen LogP contribution in [0.1, 0.15) is 45.1 Å². The molecule has 0 saturated carbocycles. The summed E-state index contributed by atoms with van der Waals surface area (Å²) >= 11 is 0. The molecule has 1 aliphatic carbocycles. The number of allylic oxidation sites excluding steroid dienone is 5. The largest absolute Gasteiger partial charge is 0.511 e. The van der Waals surface area contributed by atoms with E-state index in [9.17, 15) is 19.5 Å². The summed E-state index contributed by atoms with van der Waals surface area (Å²) in [5.74, 6) is -3.46. The quantitative estimate of drug-likeness (QED) is 0.357. The van der Waals surface area contributed by atoms with Gasteiger partial charge in [-0.25, -0.2) is 0 Å². The van der Waals surface area contributed by atoms with E-state index >= 15 is 0 Å². The fourth-order valence-corrected chi connectivity index (χ4v) is 3.48. The van der Waals surface area contributed by atoms with E-state index in [1.165, 1.54) is 6.08 Å². The van der Waals surface area contributed by atoms with E-state index in [-0.39, 0.29) is 5.76 Å². The van der Waals surface area contributed by atoms with Gasteiger partial charge in [-0.3, -0.25) is 14.4 Å². The van der Waals surface area contributed by atoms with Gasteiger partial charge in [-0.2, -0.15) is 0 Å². The SMILES string of the molecule is C=C(C)CCC1(CCC(=C)C)C(=O)C(C(=O)C=Cc2ccccc2)C(=O)C=C1O. The second kappa shape index (κ2) is 9.46. The number of ketones is 3. The van der Waals surface area contributed by atoms with Crippen LogP contribution in [0.5, 0.6) is 0 Å². The molecule has 4 nitrogen and oxygen atoms in total. The Bertz CT molecular complexity index is 869. The average Bonchev–Trinajstić information content (AvgIpc) is 2.66. The van der Waals surface area contributed by atoms with Crippen LogP contribution >= 0.6 is 0 Å². The number of carbonyl (C=O) groups excluding carboxylic acids is 3. The number of aliphatic hydroxyl groups is 1. The molecule has 1 aromatic rings. The second-order valence-electron chi connectivity index (χ2n) is 7.87. The van der Waals surface area contributed by atoms with E-state index < -0.39 is 28.7 Å². The summed E-state index contributed by atoms with van der Waals surface area (Å²) < 4.78 is 0. The zero-order valence-corrected chi connectivity index (χ0v) is 17.1. The lowest BCUT2D eigenvalue weighted by molar-refractivity contribution is -0.143. The van der Waals surface area contributed by atoms with Gasteiger partial charge in [-0.1, -0.05) is 47.6 Å². The van der Waals surface area contributed by atoms with Gasteiger partial charge < -0.3 is 5.11 Å². The number of carbonyl (C=O) groups is 3. The molecule has 0 saturated heterocycles. The van der Waals surface area contributed by atoms with Crippen LogP contribution in [0, 0.1) is 11.3 Å². The molecule has 4 heteroatoms. The van der Waals surface area contributed by atoms with Crippen molar-refractivity contribution in [1.82, 2.24) is 0 Å². The zero-order valence-electron chi connectivity index (χ0n) is 17.1. The van der Waals surface area contributed by atoms with Crippen LogP contribution in [0.2, 0.25) is 0 Å². The molecule has 1 atom stereocenters. The Balaban J connectivity index is 2.38. The number of hydrogen-bond donors (Lipinski definition) is 1. The van der Waals surface area contributed by atoms with Crippen LogP contribution in [-0.4, -0.2) is 22.5 Å². The van der Waals surface area contributed by atoms with E-state index in [0.717, 1.165) is 22.8 Å². The first-order valence-corrected chi connectivity index (χ1v) is 9.72. The van der Waals surface area contributed by atoms with Gasteiger partial charge in [-0.15, -0.1) is 13.2 Å². The summed E-state index contributed by atoms with van der Waals surface area (Å²) in [5.41, 5.74) is 1.26. The molecule has 0 radical (unpaired) electrons. The molecule has 1 aliphatic rings. The maximum atomic E-state index is 13.4. The van der Waals surface area contributed by atoms with E-state index in [4.69, 9.17) is 0 Å². The van der Waals surface area contributed by atoms with Crippen LogP contribution < -0.4 is 0 Å². The Hall–Kier alpha value is -3.01. The fourth-order valence-electron chi connectivity index (χ4n) is 3.48. The van der Waals surface area contributed by atoms with Crippen molar-refractivity contribution in [3.05, 3.63) is 78.1 Å². The number of hydrogen-bond acceptors (Lipinski definition) is 4. The number of rotatable bonds is 9. The summed E-state index contributed by atoms with van der Waals surface area (Å²) in [4.78, 5) is 38.7. The molecule has 0 aliphatic heterocycles. The standard InChI is InChI=1S/C25H28O4/c1-17(2)12-14-25(15-13-18(3)4)22(28)16-21(27)23(24(25)29)20(26)11-10-19-8-6-5-7-9-19/h5-11,16,23,28H,1,3,12-15H2,2,4H3. The highest BCUT2D eigenvalue weighted by molar-refractivity contribution is 6.28. The van der Waals surface area contributed by atoms with Crippen molar-refractivity contribution in [3.63, 3.8) is 0 Å². The average molecular weight is 392 g/mol. The molecule has 1 unspecified atom stereocenters. The second-order valence-corrected chi connectivity index (χ2v) is 7.87. The monoisotopic (exact) mass is 392 g/mol. The highest BCUT2D eigenvalue weighted by atomic mass is 16.3. The minimum atomic E-state index is -1.43. The van der Waals surface area contributed by atoms with Crippen molar-refractivity contribution in [2.75, 3.05) is 0 Å². The van der Waals surface area contributed by atoms with E-state index in [2.05, 4.69) is 13.2 Å². The first-order chi connectivity index (χ1) is 13.7. The maximum Gasteiger partial charge on any atom is 0.177 e. The zero-order chi connectivity index (χ0) is 21.6. The molecule has 0 amide bonds. The van der Waals surface area contributed by atoms with Gasteiger partial charge >= 0.3 is 0 Å². The third-order valence-corrected chi connectivity index (χ3v) is 5.27. The Morgan fingerprint density at radius 2 is 1.62 bits per heavy atom. The van der Waals surface area contributed by atoms with E-state index in [1.807, 2.05) is 44.2 Å². The molecule has 152 valence electrons.